The fraction of sp³-hybridized carbons (Fsp3) is 0.326. The number of rotatable bonds is 23. The van der Waals surface area contributed by atoms with E-state index in [0.29, 0.717) is 40.3 Å². The van der Waals surface area contributed by atoms with Gasteiger partial charge in [-0.3, -0.25) is 28.4 Å². The van der Waals surface area contributed by atoms with Gasteiger partial charge in [-0.15, -0.1) is 34.0 Å². The highest BCUT2D eigenvalue weighted by Crippen LogP contribution is 2.46. The summed E-state index contributed by atoms with van der Waals surface area (Å²) in [7, 11) is 9.99. The predicted octanol–water partition coefficient (Wildman–Crippen LogP) is 22.4. The number of anilines is 1. The number of carbonyl (C=O) groups excluding carboxylic acids is 4. The van der Waals surface area contributed by atoms with Crippen LogP contribution in [0.25, 0.3) is 63.6 Å². The molecule has 8 aromatic carbocycles. The summed E-state index contributed by atoms with van der Waals surface area (Å²) in [5, 5.41) is 9.63. The average Bonchev–Trinajstić information content (AvgIpc) is 1.64. The number of fused-ring (bicyclic) bond motifs is 3. The molecule has 0 radical (unpaired) electrons. The summed E-state index contributed by atoms with van der Waals surface area (Å²) in [5.41, 5.74) is 9.70. The quantitative estimate of drug-likeness (QED) is 0.0409. The number of hydrogen-bond acceptors (Lipinski definition) is 15. The van der Waals surface area contributed by atoms with Gasteiger partial charge in [-0.25, -0.2) is 26.3 Å². The molecule has 1 atom stereocenters. The molecule has 3 fully saturated rings. The van der Waals surface area contributed by atoms with Crippen LogP contribution in [0.4, 0.5) is 32.0 Å². The van der Waals surface area contributed by atoms with E-state index in [0.717, 1.165) is 209 Å². The summed E-state index contributed by atoms with van der Waals surface area (Å²) in [6.07, 6.45) is 13.5. The van der Waals surface area contributed by atoms with Crippen molar-refractivity contribution >= 4 is 144 Å². The van der Waals surface area contributed by atoms with Crippen LogP contribution in [0.15, 0.2) is 163 Å². The molecule has 29 heteroatoms. The molecule has 3 saturated carbocycles. The van der Waals surface area contributed by atoms with Gasteiger partial charge in [0.05, 0.1) is 66.7 Å². The number of amides is 4. The third kappa shape index (κ3) is 20.3. The molecule has 4 heterocycles. The predicted molar refractivity (Wildman–Crippen MR) is 492 cm³/mol. The molecule has 0 bridgehead atoms. The Bertz CT molecular complexity index is 6040. The average molecular weight is 1830 g/mol. The zero-order chi connectivity index (χ0) is 88.7. The number of hydrogen-bond donors (Lipinski definition) is 3. The molecule has 3 aliphatic carbocycles. The maximum Gasteiger partial charge on any atom is 0.266 e. The minimum Gasteiger partial charge on any atom is -0.496 e. The molecule has 12 aromatic rings. The molecule has 0 spiro atoms. The van der Waals surface area contributed by atoms with Crippen molar-refractivity contribution in [1.29, 1.82) is 0 Å². The number of nitrogens with one attached hydrogen (secondary N) is 3. The Kier molecular flexibility index (Phi) is 30.0. The smallest absolute Gasteiger partial charge is 0.266 e. The lowest BCUT2D eigenvalue weighted by Gasteiger charge is -2.37. The van der Waals surface area contributed by atoms with Crippen molar-refractivity contribution in [2.24, 2.45) is 0 Å². The van der Waals surface area contributed by atoms with E-state index in [4.69, 9.17) is 49.0 Å². The number of methoxy groups -OCH3 is 3. The number of nitrogens with zero attached hydrogens (tertiary/aromatic N) is 5. The molecule has 15 rings (SSSR count). The van der Waals surface area contributed by atoms with Crippen LogP contribution >= 0.6 is 68.8 Å². The molecular formula is C95H97Cl3F6N8O8S4. The van der Waals surface area contributed by atoms with Crippen molar-refractivity contribution in [1.82, 2.24) is 35.6 Å². The van der Waals surface area contributed by atoms with Gasteiger partial charge in [-0.1, -0.05) is 83.3 Å². The Balaban J connectivity index is 0.000000160. The van der Waals surface area contributed by atoms with Crippen LogP contribution in [-0.2, 0) is 34.0 Å². The van der Waals surface area contributed by atoms with Crippen LogP contribution in [-0.4, -0.2) is 145 Å². The lowest BCUT2D eigenvalue weighted by molar-refractivity contribution is -0.116. The first-order valence-corrected chi connectivity index (χ1v) is 46.5. The second-order valence-electron chi connectivity index (χ2n) is 31.5. The second kappa shape index (κ2) is 40.4. The topological polar surface area (TPSA) is 175 Å². The second-order valence-corrected chi connectivity index (χ2v) is 38.2. The highest BCUT2D eigenvalue weighted by molar-refractivity contribution is 7.99. The fourth-order valence-corrected chi connectivity index (χ4v) is 21.9. The number of carbonyl (C=O) groups is 4. The Morgan fingerprint density at radius 3 is 1.01 bits per heavy atom. The standard InChI is InChI=1S/C33H34ClF2N3O3S.C32H33ClF2N2O3S2.C30H30ClF2N3O2S/c1-19(40)38(3)24-10-5-20(6-11-24)21-7-16-28(42-4)22(17-21)18-39(25-12-8-23(37-2)9-13-25)33(41)32-30(34)29-26(35)14-15-27(36)31(29)43-32;1-36-22-8-10-23(11-9-22)37(32(38)31-29(33)28-25(34)14-15-26(35)30(28)41-31)18-21-17-20(7-16-27(21)40-2)19-5-12-24(13-6-19)42(3,4)39;1-17-4-5-19(15-35-17)18-6-13-25(38-3)20(14-18)16-36(22-9-7-21(34-2)8-10-22)30(37)29-27(31)26-23(32)11-12-24(33)28(26)39-29/h5-7,10-11,14-17,23,25,37H,8-9,12-13,18H2,1-4H3;5-7,12-17,22-23,36H,3,8-11,18H2,1-2,4H3;4-6,11-15,21-22,34H,7-10,16H2,1-3H3. The molecule has 16 nitrogen and oxygen atoms in total. The molecule has 124 heavy (non-hydrogen) atoms. The molecule has 3 aliphatic rings. The van der Waals surface area contributed by atoms with E-state index in [9.17, 15) is 49.7 Å². The van der Waals surface area contributed by atoms with Gasteiger partial charge in [0.15, 0.2) is 0 Å². The van der Waals surface area contributed by atoms with Crippen molar-refractivity contribution in [3.63, 3.8) is 0 Å². The summed E-state index contributed by atoms with van der Waals surface area (Å²) in [6, 6.07) is 43.6. The maximum absolute atomic E-state index is 14.7. The largest absolute Gasteiger partial charge is 0.496 e. The van der Waals surface area contributed by atoms with Crippen LogP contribution in [0.3, 0.4) is 0 Å². The van der Waals surface area contributed by atoms with Crippen molar-refractivity contribution < 1.29 is 63.9 Å². The van der Waals surface area contributed by atoms with Crippen LogP contribution in [0.1, 0.15) is 135 Å². The molecule has 1 unspecified atom stereocenters. The van der Waals surface area contributed by atoms with Gasteiger partial charge in [0.25, 0.3) is 17.7 Å². The number of aromatic nitrogens is 1. The summed E-state index contributed by atoms with van der Waals surface area (Å²) >= 11 is 22.4. The summed E-state index contributed by atoms with van der Waals surface area (Å²) in [6.45, 7) is 4.16. The van der Waals surface area contributed by atoms with Gasteiger partial charge < -0.3 is 49.8 Å². The van der Waals surface area contributed by atoms with E-state index < -0.39 is 44.4 Å². The normalized spacial score (nSPS) is 17.5. The van der Waals surface area contributed by atoms with Crippen LogP contribution in [0, 0.1) is 41.8 Å². The zero-order valence-corrected chi connectivity index (χ0v) is 75.9. The monoisotopic (exact) mass is 1820 g/mol. The van der Waals surface area contributed by atoms with Crippen molar-refractivity contribution in [2.75, 3.05) is 60.7 Å². The van der Waals surface area contributed by atoms with Crippen LogP contribution < -0.4 is 35.1 Å². The number of ether oxygens (including phenoxy) is 3. The highest BCUT2D eigenvalue weighted by Gasteiger charge is 2.38. The summed E-state index contributed by atoms with van der Waals surface area (Å²) in [4.78, 5) is 66.8. The number of pyridine rings is 1. The first-order chi connectivity index (χ1) is 59.4. The minimum atomic E-state index is -2.34. The molecule has 0 saturated heterocycles. The summed E-state index contributed by atoms with van der Waals surface area (Å²) < 4.78 is 117. The van der Waals surface area contributed by atoms with E-state index in [2.05, 4.69) is 26.8 Å². The fourth-order valence-electron chi connectivity index (χ4n) is 16.7. The first kappa shape index (κ1) is 92.1. The van der Waals surface area contributed by atoms with Gasteiger partial charge in [-0.05, 0) is 251 Å². The molecular weight excluding hydrogens is 1730 g/mol. The Hall–Kier alpha value is -9.58. The van der Waals surface area contributed by atoms with Gasteiger partial charge in [0.1, 0.15) is 66.8 Å². The number of thiophene rings is 3. The van der Waals surface area contributed by atoms with Crippen LogP contribution in [0.5, 0.6) is 17.2 Å². The number of halogens is 9. The van der Waals surface area contributed by atoms with E-state index in [1.54, 1.807) is 54.2 Å². The third-order valence-electron chi connectivity index (χ3n) is 23.9. The van der Waals surface area contributed by atoms with E-state index in [1.807, 2.05) is 150 Å². The SMILES string of the molecule is C=S(C)(=O)c1ccc(-c2ccc(OC)c(CN(C(=O)c3sc4c(F)ccc(F)c4c3Cl)C3CCC(NC)CC3)c2)cc1.CNC1CCC(N(Cc2cc(-c3ccc(C)nc3)ccc2OC)C(=O)c2sc3c(F)ccc(F)c3c2Cl)CC1.CNC1CCC(N(Cc2cc(-c3ccc(N(C)C(C)=O)cc3)ccc2OC)C(=O)c2sc3c(F)ccc(F)c3c2Cl)CC1. The van der Waals surface area contributed by atoms with Gasteiger partial charge >= 0.3 is 0 Å². The number of aryl methyl sites for hydroxylation is 1. The third-order valence-corrected chi connectivity index (χ3v) is 30.2. The molecule has 4 aromatic heterocycles. The van der Waals surface area contributed by atoms with Crippen molar-refractivity contribution in [2.45, 2.75) is 152 Å². The lowest BCUT2D eigenvalue weighted by atomic mass is 9.89. The molecule has 652 valence electrons. The van der Waals surface area contributed by atoms with Gasteiger partial charge in [0.2, 0.25) is 5.91 Å². The van der Waals surface area contributed by atoms with Crippen LogP contribution in [0.2, 0.25) is 15.1 Å². The van der Waals surface area contributed by atoms with Gasteiger partial charge in [0, 0.05) is 121 Å². The van der Waals surface area contributed by atoms with E-state index in [-0.39, 0.29) is 121 Å². The van der Waals surface area contributed by atoms with Crippen molar-refractivity contribution in [3.05, 3.63) is 245 Å². The van der Waals surface area contributed by atoms with E-state index in [1.165, 1.54) is 6.92 Å². The number of benzene rings is 8. The Labute approximate surface area is 745 Å². The Morgan fingerprint density at radius 2 is 0.734 bits per heavy atom. The Morgan fingerprint density at radius 1 is 0.444 bits per heavy atom. The summed E-state index contributed by atoms with van der Waals surface area (Å²) in [5.74, 6) is 0.744. The minimum absolute atomic E-state index is 0.0310. The highest BCUT2D eigenvalue weighted by atomic mass is 35.5. The lowest BCUT2D eigenvalue weighted by Crippen LogP contribution is -2.44. The first-order valence-electron chi connectivity index (χ1n) is 40.8. The molecule has 3 N–H and O–H groups in total. The molecule has 4 amide bonds. The maximum atomic E-state index is 14.7. The molecule has 0 aliphatic heterocycles. The van der Waals surface area contributed by atoms with Crippen molar-refractivity contribution in [3.8, 4) is 50.6 Å². The van der Waals surface area contributed by atoms with Gasteiger partial charge in [-0.2, -0.15) is 0 Å². The van der Waals surface area contributed by atoms with E-state index >= 15 is 0 Å². The zero-order valence-electron chi connectivity index (χ0n) is 70.3.